The van der Waals surface area contributed by atoms with Crippen molar-refractivity contribution in [3.05, 3.63) is 34.9 Å². The third kappa shape index (κ3) is 2.53. The lowest BCUT2D eigenvalue weighted by Crippen LogP contribution is -2.11. The van der Waals surface area contributed by atoms with Crippen LogP contribution in [0.2, 0.25) is 5.02 Å². The lowest BCUT2D eigenvalue weighted by atomic mass is 9.89. The number of anilines is 1. The molecule has 0 unspecified atom stereocenters. The second-order valence-corrected chi connectivity index (χ2v) is 6.10. The van der Waals surface area contributed by atoms with Crippen LogP contribution in [0.5, 0.6) is 0 Å². The summed E-state index contributed by atoms with van der Waals surface area (Å²) >= 11 is 6.14. The van der Waals surface area contributed by atoms with E-state index in [2.05, 4.69) is 4.98 Å². The van der Waals surface area contributed by atoms with Crippen LogP contribution in [-0.2, 0) is 7.05 Å². The van der Waals surface area contributed by atoms with E-state index >= 15 is 0 Å². The number of hydrogen-bond acceptors (Lipinski definition) is 2. The Bertz CT molecular complexity index is 640. The molecule has 0 radical (unpaired) electrons. The van der Waals surface area contributed by atoms with Gasteiger partial charge < -0.3 is 10.3 Å². The van der Waals surface area contributed by atoms with Gasteiger partial charge in [-0.3, -0.25) is 0 Å². The summed E-state index contributed by atoms with van der Waals surface area (Å²) in [6, 6.07) is 4.63. The number of hydrogen-bond donors (Lipinski definition) is 1. The molecule has 3 rings (SSSR count). The average molecular weight is 308 g/mol. The van der Waals surface area contributed by atoms with Crippen molar-refractivity contribution in [2.75, 3.05) is 5.73 Å². The number of aromatic nitrogens is 2. The van der Waals surface area contributed by atoms with E-state index < -0.39 is 0 Å². The fourth-order valence-corrected chi connectivity index (χ4v) is 3.42. The average Bonchev–Trinajstić information content (AvgIpc) is 2.77. The SMILES string of the molecule is Cn1c(C2CCCCC2)nc(-c2c(F)cccc2Cl)c1N. The van der Waals surface area contributed by atoms with Crippen molar-refractivity contribution in [1.82, 2.24) is 9.55 Å². The fourth-order valence-electron chi connectivity index (χ4n) is 3.16. The van der Waals surface area contributed by atoms with Crippen LogP contribution in [0.4, 0.5) is 10.2 Å². The molecule has 1 heterocycles. The largest absolute Gasteiger partial charge is 0.383 e. The highest BCUT2D eigenvalue weighted by Gasteiger charge is 2.25. The first-order chi connectivity index (χ1) is 10.1. The van der Waals surface area contributed by atoms with Gasteiger partial charge in [0.1, 0.15) is 23.2 Å². The molecular formula is C16H19ClFN3. The maximum absolute atomic E-state index is 14.1. The van der Waals surface area contributed by atoms with Crippen LogP contribution in [0.3, 0.4) is 0 Å². The van der Waals surface area contributed by atoms with E-state index in [9.17, 15) is 4.39 Å². The quantitative estimate of drug-likeness (QED) is 0.887. The summed E-state index contributed by atoms with van der Waals surface area (Å²) in [5.41, 5.74) is 6.91. The maximum Gasteiger partial charge on any atom is 0.134 e. The monoisotopic (exact) mass is 307 g/mol. The first kappa shape index (κ1) is 14.4. The standard InChI is InChI=1S/C16H19ClFN3/c1-21-15(19)14(13-11(17)8-5-9-12(13)18)20-16(21)10-6-3-2-4-7-10/h5,8-10H,2-4,6-7,19H2,1H3. The summed E-state index contributed by atoms with van der Waals surface area (Å²) in [4.78, 5) is 4.64. The van der Waals surface area contributed by atoms with Gasteiger partial charge in [0.2, 0.25) is 0 Å². The van der Waals surface area contributed by atoms with E-state index in [1.807, 2.05) is 11.6 Å². The number of nitrogens with two attached hydrogens (primary N) is 1. The van der Waals surface area contributed by atoms with Crippen molar-refractivity contribution in [1.29, 1.82) is 0 Å². The van der Waals surface area contributed by atoms with Crippen LogP contribution < -0.4 is 5.73 Å². The molecule has 0 saturated heterocycles. The third-order valence-electron chi connectivity index (χ3n) is 4.34. The van der Waals surface area contributed by atoms with Crippen LogP contribution in [0.25, 0.3) is 11.3 Å². The van der Waals surface area contributed by atoms with Crippen molar-refractivity contribution in [3.8, 4) is 11.3 Å². The molecule has 1 aromatic carbocycles. The summed E-state index contributed by atoms with van der Waals surface area (Å²) in [6.45, 7) is 0. The highest BCUT2D eigenvalue weighted by atomic mass is 35.5. The fraction of sp³-hybridized carbons (Fsp3) is 0.438. The molecule has 0 aliphatic heterocycles. The van der Waals surface area contributed by atoms with Crippen molar-refractivity contribution in [2.24, 2.45) is 7.05 Å². The Hall–Kier alpha value is -1.55. The molecule has 1 aliphatic rings. The molecule has 2 aromatic rings. The van der Waals surface area contributed by atoms with Gasteiger partial charge in [0.15, 0.2) is 0 Å². The lowest BCUT2D eigenvalue weighted by Gasteiger charge is -2.21. The Labute approximate surface area is 128 Å². The molecule has 0 atom stereocenters. The van der Waals surface area contributed by atoms with E-state index in [1.165, 1.54) is 25.3 Å². The Kier molecular flexibility index (Phi) is 3.89. The molecule has 0 bridgehead atoms. The Morgan fingerprint density at radius 1 is 1.29 bits per heavy atom. The van der Waals surface area contributed by atoms with E-state index in [4.69, 9.17) is 17.3 Å². The van der Waals surface area contributed by atoms with Crippen LogP contribution in [0, 0.1) is 5.82 Å². The number of nitrogens with zero attached hydrogens (tertiary/aromatic N) is 2. The second kappa shape index (κ2) is 5.68. The maximum atomic E-state index is 14.1. The minimum absolute atomic E-state index is 0.300. The van der Waals surface area contributed by atoms with E-state index in [0.29, 0.717) is 28.0 Å². The van der Waals surface area contributed by atoms with Gasteiger partial charge >= 0.3 is 0 Å². The molecule has 0 amide bonds. The highest BCUT2D eigenvalue weighted by molar-refractivity contribution is 6.33. The zero-order chi connectivity index (χ0) is 15.0. The van der Waals surface area contributed by atoms with Crippen molar-refractivity contribution in [2.45, 2.75) is 38.0 Å². The van der Waals surface area contributed by atoms with Gasteiger partial charge in [-0.2, -0.15) is 0 Å². The van der Waals surface area contributed by atoms with Gasteiger partial charge in [-0.15, -0.1) is 0 Å². The molecule has 1 fully saturated rings. The number of halogens is 2. The Morgan fingerprint density at radius 2 is 2.00 bits per heavy atom. The summed E-state index contributed by atoms with van der Waals surface area (Å²) in [5.74, 6) is 1.44. The predicted molar refractivity (Wildman–Crippen MR) is 83.9 cm³/mol. The van der Waals surface area contributed by atoms with Crippen molar-refractivity contribution < 1.29 is 4.39 Å². The van der Waals surface area contributed by atoms with E-state index in [0.717, 1.165) is 18.7 Å². The van der Waals surface area contributed by atoms with Crippen LogP contribution in [0.1, 0.15) is 43.8 Å². The third-order valence-corrected chi connectivity index (χ3v) is 4.66. The minimum atomic E-state index is -0.387. The summed E-state index contributed by atoms with van der Waals surface area (Å²) in [7, 11) is 1.89. The molecule has 0 spiro atoms. The number of benzene rings is 1. The molecule has 2 N–H and O–H groups in total. The summed E-state index contributed by atoms with van der Waals surface area (Å²) in [6.07, 6.45) is 5.95. The normalized spacial score (nSPS) is 16.3. The molecule has 1 aliphatic carbocycles. The molecule has 1 aromatic heterocycles. The van der Waals surface area contributed by atoms with Crippen LogP contribution >= 0.6 is 11.6 Å². The lowest BCUT2D eigenvalue weighted by molar-refractivity contribution is 0.422. The van der Waals surface area contributed by atoms with E-state index in [-0.39, 0.29) is 5.82 Å². The van der Waals surface area contributed by atoms with Crippen LogP contribution in [0.15, 0.2) is 18.2 Å². The van der Waals surface area contributed by atoms with Gasteiger partial charge in [0.05, 0.1) is 10.6 Å². The number of imidazole rings is 1. The smallest absolute Gasteiger partial charge is 0.134 e. The molecule has 1 saturated carbocycles. The highest BCUT2D eigenvalue weighted by Crippen LogP contribution is 2.38. The number of rotatable bonds is 2. The predicted octanol–water partition coefficient (Wildman–Crippen LogP) is 4.51. The Morgan fingerprint density at radius 3 is 2.67 bits per heavy atom. The zero-order valence-corrected chi connectivity index (χ0v) is 12.8. The van der Waals surface area contributed by atoms with Gasteiger partial charge in [-0.05, 0) is 25.0 Å². The van der Waals surface area contributed by atoms with E-state index in [1.54, 1.807) is 12.1 Å². The zero-order valence-electron chi connectivity index (χ0n) is 12.1. The van der Waals surface area contributed by atoms with Crippen LogP contribution in [-0.4, -0.2) is 9.55 Å². The van der Waals surface area contributed by atoms with Crippen molar-refractivity contribution >= 4 is 17.4 Å². The first-order valence-electron chi connectivity index (χ1n) is 7.36. The number of nitrogen functional groups attached to an aromatic ring is 1. The van der Waals surface area contributed by atoms with Gasteiger partial charge in [-0.1, -0.05) is 36.9 Å². The molecule has 21 heavy (non-hydrogen) atoms. The topological polar surface area (TPSA) is 43.8 Å². The second-order valence-electron chi connectivity index (χ2n) is 5.69. The first-order valence-corrected chi connectivity index (χ1v) is 7.74. The summed E-state index contributed by atoms with van der Waals surface area (Å²) in [5, 5.41) is 0.343. The molecule has 112 valence electrons. The Balaban J connectivity index is 2.08. The molecule has 3 nitrogen and oxygen atoms in total. The summed E-state index contributed by atoms with van der Waals surface area (Å²) < 4.78 is 16.0. The van der Waals surface area contributed by atoms with Gasteiger partial charge in [0.25, 0.3) is 0 Å². The van der Waals surface area contributed by atoms with Crippen molar-refractivity contribution in [3.63, 3.8) is 0 Å². The van der Waals surface area contributed by atoms with Gasteiger partial charge in [-0.25, -0.2) is 9.37 Å². The molecule has 5 heteroatoms. The molecular weight excluding hydrogens is 289 g/mol. The van der Waals surface area contributed by atoms with Gasteiger partial charge in [0, 0.05) is 13.0 Å². The minimum Gasteiger partial charge on any atom is -0.383 e.